The van der Waals surface area contributed by atoms with Crippen LogP contribution in [0.1, 0.15) is 9.67 Å². The summed E-state index contributed by atoms with van der Waals surface area (Å²) in [6, 6.07) is 11.9. The lowest BCUT2D eigenvalue weighted by Gasteiger charge is -2.28. The molecular weight excluding hydrogens is 360 g/mol. The number of morpholine rings is 1. The number of hydrogen-bond acceptors (Lipinski definition) is 5. The summed E-state index contributed by atoms with van der Waals surface area (Å²) in [5, 5.41) is 5.02. The molecule has 1 aromatic carbocycles. The molecule has 1 amide bonds. The van der Waals surface area contributed by atoms with Crippen molar-refractivity contribution >= 4 is 49.7 Å². The normalized spacial score (nSPS) is 14.7. The first-order valence-electron chi connectivity index (χ1n) is 8.88. The lowest BCUT2D eigenvalue weighted by molar-refractivity contribution is 0.103. The predicted octanol–water partition coefficient (Wildman–Crippen LogP) is 3.87. The number of thiophene rings is 1. The fourth-order valence-electron chi connectivity index (χ4n) is 3.38. The van der Waals surface area contributed by atoms with Crippen LogP contribution < -0.4 is 10.2 Å². The molecule has 0 aliphatic carbocycles. The van der Waals surface area contributed by atoms with Gasteiger partial charge in [-0.1, -0.05) is 0 Å². The van der Waals surface area contributed by atoms with Gasteiger partial charge in [0.2, 0.25) is 0 Å². The Kier molecular flexibility index (Phi) is 4.03. The zero-order valence-corrected chi connectivity index (χ0v) is 15.4. The molecule has 136 valence electrons. The number of ether oxygens (including phenoxy) is 1. The molecule has 1 fully saturated rings. The largest absolute Gasteiger partial charge is 0.378 e. The number of nitrogens with one attached hydrogen (secondary N) is 2. The van der Waals surface area contributed by atoms with Gasteiger partial charge in [0, 0.05) is 52.3 Å². The van der Waals surface area contributed by atoms with Gasteiger partial charge in [0.15, 0.2) is 0 Å². The van der Waals surface area contributed by atoms with E-state index in [2.05, 4.69) is 20.2 Å². The summed E-state index contributed by atoms with van der Waals surface area (Å²) in [7, 11) is 0. The molecule has 4 heterocycles. The van der Waals surface area contributed by atoms with Crippen LogP contribution in [0.15, 0.2) is 48.8 Å². The van der Waals surface area contributed by atoms with Crippen molar-refractivity contribution in [2.75, 3.05) is 36.5 Å². The Morgan fingerprint density at radius 3 is 2.81 bits per heavy atom. The molecule has 0 bridgehead atoms. The number of H-pyrrole nitrogens is 1. The van der Waals surface area contributed by atoms with Gasteiger partial charge in [0.05, 0.1) is 18.1 Å². The number of aromatic amines is 1. The average molecular weight is 378 g/mol. The summed E-state index contributed by atoms with van der Waals surface area (Å²) in [6.07, 6.45) is 3.67. The number of carbonyl (C=O) groups is 1. The van der Waals surface area contributed by atoms with Gasteiger partial charge >= 0.3 is 0 Å². The van der Waals surface area contributed by atoms with Gasteiger partial charge in [-0.3, -0.25) is 4.79 Å². The zero-order chi connectivity index (χ0) is 18.2. The first-order chi connectivity index (χ1) is 13.3. The first kappa shape index (κ1) is 16.3. The third-order valence-electron chi connectivity index (χ3n) is 4.79. The SMILES string of the molecule is O=C(Nc1ccc(N2CCOCC2)cc1)c1cc2cnc3[nH]ccc3c2s1. The number of aromatic nitrogens is 2. The van der Waals surface area contributed by atoms with Crippen LogP contribution in [0.2, 0.25) is 0 Å². The van der Waals surface area contributed by atoms with Crippen LogP contribution in [0.4, 0.5) is 11.4 Å². The van der Waals surface area contributed by atoms with Gasteiger partial charge in [0.25, 0.3) is 5.91 Å². The van der Waals surface area contributed by atoms with E-state index in [0.29, 0.717) is 4.88 Å². The molecule has 5 rings (SSSR count). The maximum Gasteiger partial charge on any atom is 0.265 e. The summed E-state index contributed by atoms with van der Waals surface area (Å²) in [6.45, 7) is 3.31. The Hall–Kier alpha value is -2.90. The lowest BCUT2D eigenvalue weighted by atomic mass is 10.2. The van der Waals surface area contributed by atoms with E-state index in [9.17, 15) is 4.79 Å². The molecule has 1 saturated heterocycles. The fraction of sp³-hybridized carbons (Fsp3) is 0.200. The highest BCUT2D eigenvalue weighted by molar-refractivity contribution is 7.21. The predicted molar refractivity (Wildman–Crippen MR) is 109 cm³/mol. The number of carbonyl (C=O) groups excluding carboxylic acids is 1. The smallest absolute Gasteiger partial charge is 0.265 e. The summed E-state index contributed by atoms with van der Waals surface area (Å²) in [4.78, 5) is 23.1. The fourth-order valence-corrected chi connectivity index (χ4v) is 4.43. The minimum atomic E-state index is -0.0981. The highest BCUT2D eigenvalue weighted by atomic mass is 32.1. The standard InChI is InChI=1S/C20H18N4O2S/c25-20(17-11-13-12-22-19-16(5-6-21-19)18(13)27-17)23-14-1-3-15(4-2-14)24-7-9-26-10-8-24/h1-6,11-12H,7-10H2,(H,21,22)(H,23,25). The maximum atomic E-state index is 12.7. The Bertz CT molecular complexity index is 1110. The van der Waals surface area contributed by atoms with E-state index >= 15 is 0 Å². The molecule has 27 heavy (non-hydrogen) atoms. The Morgan fingerprint density at radius 1 is 1.19 bits per heavy atom. The number of amides is 1. The second-order valence-electron chi connectivity index (χ2n) is 6.49. The molecule has 7 heteroatoms. The Morgan fingerprint density at radius 2 is 2.00 bits per heavy atom. The van der Waals surface area contributed by atoms with E-state index in [1.807, 2.05) is 42.6 Å². The van der Waals surface area contributed by atoms with Crippen molar-refractivity contribution in [1.29, 1.82) is 0 Å². The van der Waals surface area contributed by atoms with E-state index in [-0.39, 0.29) is 5.91 Å². The van der Waals surface area contributed by atoms with Crippen molar-refractivity contribution in [2.24, 2.45) is 0 Å². The van der Waals surface area contributed by atoms with Crippen molar-refractivity contribution in [3.8, 4) is 0 Å². The molecule has 1 aliphatic heterocycles. The van der Waals surface area contributed by atoms with Crippen molar-refractivity contribution in [3.63, 3.8) is 0 Å². The molecule has 0 unspecified atom stereocenters. The van der Waals surface area contributed by atoms with E-state index in [4.69, 9.17) is 4.74 Å². The van der Waals surface area contributed by atoms with E-state index in [0.717, 1.165) is 58.8 Å². The van der Waals surface area contributed by atoms with Gasteiger partial charge in [-0.2, -0.15) is 0 Å². The summed E-state index contributed by atoms with van der Waals surface area (Å²) < 4.78 is 6.47. The van der Waals surface area contributed by atoms with Crippen molar-refractivity contribution in [2.45, 2.75) is 0 Å². The van der Waals surface area contributed by atoms with Gasteiger partial charge in [-0.15, -0.1) is 11.3 Å². The maximum absolute atomic E-state index is 12.7. The van der Waals surface area contributed by atoms with Crippen LogP contribution in [0.25, 0.3) is 21.1 Å². The summed E-state index contributed by atoms with van der Waals surface area (Å²) in [5.41, 5.74) is 2.79. The Balaban J connectivity index is 1.36. The van der Waals surface area contributed by atoms with Crippen LogP contribution in [0, 0.1) is 0 Å². The highest BCUT2D eigenvalue weighted by Crippen LogP contribution is 2.31. The van der Waals surface area contributed by atoms with Crippen LogP contribution in [-0.4, -0.2) is 42.2 Å². The number of rotatable bonds is 3. The van der Waals surface area contributed by atoms with Crippen molar-refractivity contribution in [3.05, 3.63) is 53.7 Å². The van der Waals surface area contributed by atoms with Crippen molar-refractivity contribution < 1.29 is 9.53 Å². The summed E-state index contributed by atoms with van der Waals surface area (Å²) in [5.74, 6) is -0.0981. The van der Waals surface area contributed by atoms with Crippen molar-refractivity contribution in [1.82, 2.24) is 9.97 Å². The van der Waals surface area contributed by atoms with Gasteiger partial charge < -0.3 is 19.9 Å². The van der Waals surface area contributed by atoms with Crippen LogP contribution in [0.5, 0.6) is 0 Å². The van der Waals surface area contributed by atoms with E-state index in [1.54, 1.807) is 6.20 Å². The molecule has 6 nitrogen and oxygen atoms in total. The van der Waals surface area contributed by atoms with Gasteiger partial charge in [0.1, 0.15) is 5.65 Å². The minimum Gasteiger partial charge on any atom is -0.378 e. The van der Waals surface area contributed by atoms with Crippen LogP contribution in [-0.2, 0) is 4.74 Å². The molecule has 3 aromatic heterocycles. The quantitative estimate of drug-likeness (QED) is 0.568. The molecule has 0 spiro atoms. The van der Waals surface area contributed by atoms with Gasteiger partial charge in [-0.25, -0.2) is 4.98 Å². The number of anilines is 2. The Labute approximate surface area is 159 Å². The first-order valence-corrected chi connectivity index (χ1v) is 9.69. The number of nitrogens with zero attached hydrogens (tertiary/aromatic N) is 2. The zero-order valence-electron chi connectivity index (χ0n) is 14.6. The topological polar surface area (TPSA) is 70.2 Å². The third-order valence-corrected chi connectivity index (χ3v) is 5.97. The van der Waals surface area contributed by atoms with Crippen LogP contribution >= 0.6 is 11.3 Å². The average Bonchev–Trinajstić information content (AvgIpc) is 3.35. The molecule has 0 radical (unpaired) electrons. The van der Waals surface area contributed by atoms with Gasteiger partial charge in [-0.05, 0) is 36.4 Å². The monoisotopic (exact) mass is 378 g/mol. The second kappa shape index (κ2) is 6.68. The third kappa shape index (κ3) is 3.05. The van der Waals surface area contributed by atoms with Crippen LogP contribution in [0.3, 0.4) is 0 Å². The highest BCUT2D eigenvalue weighted by Gasteiger charge is 2.14. The number of benzene rings is 1. The molecule has 4 aromatic rings. The number of pyridine rings is 1. The second-order valence-corrected chi connectivity index (χ2v) is 7.55. The molecule has 0 atom stereocenters. The molecule has 1 aliphatic rings. The van der Waals surface area contributed by atoms with E-state index in [1.165, 1.54) is 11.3 Å². The minimum absolute atomic E-state index is 0.0981. The number of hydrogen-bond donors (Lipinski definition) is 2. The van der Waals surface area contributed by atoms with E-state index < -0.39 is 0 Å². The lowest BCUT2D eigenvalue weighted by Crippen LogP contribution is -2.36. The molecule has 0 saturated carbocycles. The molecular formula is C20H18N4O2S. The number of fused-ring (bicyclic) bond motifs is 3. The molecule has 2 N–H and O–H groups in total. The summed E-state index contributed by atoms with van der Waals surface area (Å²) >= 11 is 1.49.